The molecule has 1 aliphatic carbocycles. The smallest absolute Gasteiger partial charge is 0.267 e. The second kappa shape index (κ2) is 4.76. The maximum absolute atomic E-state index is 11.1. The average Bonchev–Trinajstić information content (AvgIpc) is 2.22. The van der Waals surface area contributed by atoms with Crippen LogP contribution in [-0.2, 0) is 25.6 Å². The van der Waals surface area contributed by atoms with Crippen LogP contribution in [-0.4, -0.2) is 20.5 Å². The van der Waals surface area contributed by atoms with Crippen LogP contribution in [0.1, 0.15) is 24.8 Å². The van der Waals surface area contributed by atoms with Crippen LogP contribution in [0.15, 0.2) is 30.3 Å². The molecular weight excluding hydrogens is 240 g/mol. The highest BCUT2D eigenvalue weighted by Gasteiger charge is 2.42. The summed E-state index contributed by atoms with van der Waals surface area (Å²) in [4.78, 5) is 0. The van der Waals surface area contributed by atoms with Crippen LogP contribution >= 0.6 is 0 Å². The van der Waals surface area contributed by atoms with Gasteiger partial charge in [0, 0.05) is 12.8 Å². The van der Waals surface area contributed by atoms with E-state index in [1.54, 1.807) is 0 Å². The normalized spacial score (nSPS) is 18.6. The minimum absolute atomic E-state index is 0.371. The molecule has 0 heterocycles. The Kier molecular flexibility index (Phi) is 3.51. The van der Waals surface area contributed by atoms with E-state index in [0.717, 1.165) is 18.2 Å². The molecule has 4 nitrogen and oxygen atoms in total. The zero-order valence-electron chi connectivity index (χ0n) is 9.76. The van der Waals surface area contributed by atoms with Gasteiger partial charge in [-0.3, -0.25) is 0 Å². The van der Waals surface area contributed by atoms with Crippen molar-refractivity contribution in [3.05, 3.63) is 35.9 Å². The van der Waals surface area contributed by atoms with Gasteiger partial charge in [0.05, 0.1) is 12.9 Å². The Morgan fingerprint density at radius 3 is 2.35 bits per heavy atom. The van der Waals surface area contributed by atoms with Crippen LogP contribution in [0.4, 0.5) is 0 Å². The van der Waals surface area contributed by atoms with Crippen LogP contribution in [0.5, 0.6) is 0 Å². The van der Waals surface area contributed by atoms with Gasteiger partial charge in [-0.2, -0.15) is 8.42 Å². The fourth-order valence-corrected chi connectivity index (χ4v) is 2.55. The van der Waals surface area contributed by atoms with Crippen molar-refractivity contribution in [2.24, 2.45) is 0 Å². The molecule has 0 spiro atoms. The average molecular weight is 256 g/mol. The Morgan fingerprint density at radius 1 is 1.24 bits per heavy atom. The van der Waals surface area contributed by atoms with E-state index in [1.807, 2.05) is 30.3 Å². The summed E-state index contributed by atoms with van der Waals surface area (Å²) in [6, 6.07) is 9.64. The first-order chi connectivity index (χ1) is 7.99. The van der Waals surface area contributed by atoms with Gasteiger partial charge in [0.2, 0.25) is 0 Å². The summed E-state index contributed by atoms with van der Waals surface area (Å²) >= 11 is 0. The molecule has 0 N–H and O–H groups in total. The van der Waals surface area contributed by atoms with E-state index in [9.17, 15) is 8.42 Å². The minimum atomic E-state index is -3.47. The maximum atomic E-state index is 11.1. The molecule has 17 heavy (non-hydrogen) atoms. The summed E-state index contributed by atoms with van der Waals surface area (Å²) in [5.74, 6) is -0.927. The molecule has 94 valence electrons. The van der Waals surface area contributed by atoms with Crippen molar-refractivity contribution < 1.29 is 17.3 Å². The van der Waals surface area contributed by atoms with E-state index in [2.05, 4.69) is 0 Å². The van der Waals surface area contributed by atoms with E-state index in [0.29, 0.717) is 19.4 Å². The van der Waals surface area contributed by atoms with Gasteiger partial charge in [-0.25, -0.2) is 4.18 Å². The largest absolute Gasteiger partial charge is 0.344 e. The van der Waals surface area contributed by atoms with Crippen molar-refractivity contribution in [3.63, 3.8) is 0 Å². The first-order valence-electron chi connectivity index (χ1n) is 5.58. The molecule has 0 unspecified atom stereocenters. The lowest BCUT2D eigenvalue weighted by Gasteiger charge is -2.39. The molecule has 5 heteroatoms. The van der Waals surface area contributed by atoms with Crippen LogP contribution in [0, 0.1) is 0 Å². The predicted octanol–water partition coefficient (Wildman–Crippen LogP) is 2.06. The van der Waals surface area contributed by atoms with Crippen molar-refractivity contribution in [2.45, 2.75) is 31.7 Å². The summed E-state index contributed by atoms with van der Waals surface area (Å²) < 4.78 is 33.0. The third-order valence-corrected chi connectivity index (χ3v) is 3.37. The Morgan fingerprint density at radius 2 is 1.88 bits per heavy atom. The Bertz CT molecular complexity index is 463. The highest BCUT2D eigenvalue weighted by Crippen LogP contribution is 2.38. The van der Waals surface area contributed by atoms with Crippen molar-refractivity contribution in [1.29, 1.82) is 0 Å². The van der Waals surface area contributed by atoms with Gasteiger partial charge in [0.15, 0.2) is 5.79 Å². The zero-order chi connectivity index (χ0) is 12.4. The molecule has 1 aromatic rings. The molecule has 0 bridgehead atoms. The first kappa shape index (κ1) is 12.5. The Hall–Kier alpha value is -0.910. The van der Waals surface area contributed by atoms with E-state index in [-0.39, 0.29) is 0 Å². The quantitative estimate of drug-likeness (QED) is 0.597. The summed E-state index contributed by atoms with van der Waals surface area (Å²) in [6.07, 6.45) is 3.25. The van der Waals surface area contributed by atoms with E-state index < -0.39 is 15.9 Å². The number of rotatable bonds is 5. The van der Waals surface area contributed by atoms with Gasteiger partial charge < -0.3 is 4.74 Å². The van der Waals surface area contributed by atoms with Crippen molar-refractivity contribution in [1.82, 2.24) is 0 Å². The standard InChI is InChI=1S/C12H16O4S/c1-17(13,14)16-12(8-5-9-12)15-10-11-6-3-2-4-7-11/h2-4,6-7H,5,8-10H2,1H3. The van der Waals surface area contributed by atoms with E-state index in [1.165, 1.54) is 0 Å². The van der Waals surface area contributed by atoms with Crippen LogP contribution in [0.3, 0.4) is 0 Å². The topological polar surface area (TPSA) is 52.6 Å². The SMILES string of the molecule is CS(=O)(=O)OC1(OCc2ccccc2)CCC1. The predicted molar refractivity (Wildman–Crippen MR) is 63.7 cm³/mol. The summed E-state index contributed by atoms with van der Waals surface area (Å²) in [5.41, 5.74) is 1.01. The van der Waals surface area contributed by atoms with E-state index >= 15 is 0 Å². The number of hydrogen-bond acceptors (Lipinski definition) is 4. The molecule has 0 saturated heterocycles. The van der Waals surface area contributed by atoms with Crippen LogP contribution in [0.2, 0.25) is 0 Å². The molecule has 1 fully saturated rings. The second-order valence-corrected chi connectivity index (χ2v) is 5.90. The van der Waals surface area contributed by atoms with Crippen molar-refractivity contribution in [3.8, 4) is 0 Å². The van der Waals surface area contributed by atoms with Crippen LogP contribution < -0.4 is 0 Å². The third-order valence-electron chi connectivity index (χ3n) is 2.76. The lowest BCUT2D eigenvalue weighted by molar-refractivity contribution is -0.232. The molecule has 1 saturated carbocycles. The summed E-state index contributed by atoms with van der Waals surface area (Å²) in [7, 11) is -3.47. The molecule has 2 rings (SSSR count). The van der Waals surface area contributed by atoms with Gasteiger partial charge in [-0.05, 0) is 12.0 Å². The molecule has 1 aliphatic rings. The molecule has 0 radical (unpaired) electrons. The van der Waals surface area contributed by atoms with Gasteiger partial charge in [-0.1, -0.05) is 30.3 Å². The lowest BCUT2D eigenvalue weighted by atomic mass is 9.91. The Labute approximate surface area is 102 Å². The van der Waals surface area contributed by atoms with Gasteiger partial charge in [0.1, 0.15) is 0 Å². The monoisotopic (exact) mass is 256 g/mol. The number of benzene rings is 1. The summed E-state index contributed by atoms with van der Waals surface area (Å²) in [6.45, 7) is 0.371. The van der Waals surface area contributed by atoms with Gasteiger partial charge in [0.25, 0.3) is 10.1 Å². The maximum Gasteiger partial charge on any atom is 0.267 e. The van der Waals surface area contributed by atoms with Crippen LogP contribution in [0.25, 0.3) is 0 Å². The van der Waals surface area contributed by atoms with Crippen molar-refractivity contribution >= 4 is 10.1 Å². The van der Waals surface area contributed by atoms with Crippen molar-refractivity contribution in [2.75, 3.05) is 6.26 Å². The molecular formula is C12H16O4S. The number of ether oxygens (including phenoxy) is 1. The zero-order valence-corrected chi connectivity index (χ0v) is 10.6. The van der Waals surface area contributed by atoms with Gasteiger partial charge >= 0.3 is 0 Å². The first-order valence-corrected chi connectivity index (χ1v) is 7.39. The Balaban J connectivity index is 1.96. The highest BCUT2D eigenvalue weighted by atomic mass is 32.2. The van der Waals surface area contributed by atoms with E-state index in [4.69, 9.17) is 8.92 Å². The molecule has 1 aromatic carbocycles. The molecule has 0 atom stereocenters. The highest BCUT2D eigenvalue weighted by molar-refractivity contribution is 7.86. The molecule has 0 aromatic heterocycles. The van der Waals surface area contributed by atoms with Gasteiger partial charge in [-0.15, -0.1) is 0 Å². The fraction of sp³-hybridized carbons (Fsp3) is 0.500. The second-order valence-electron chi connectivity index (χ2n) is 4.33. The lowest BCUT2D eigenvalue weighted by Crippen LogP contribution is -2.44. The third kappa shape index (κ3) is 3.52. The number of hydrogen-bond donors (Lipinski definition) is 0. The molecule has 0 aliphatic heterocycles. The fourth-order valence-electron chi connectivity index (χ4n) is 1.78. The summed E-state index contributed by atoms with van der Waals surface area (Å²) in [5, 5.41) is 0. The molecule has 0 amide bonds. The minimum Gasteiger partial charge on any atom is -0.344 e.